The molecule has 0 spiro atoms. The summed E-state index contributed by atoms with van der Waals surface area (Å²) in [6, 6.07) is 17.5. The molecule has 0 saturated heterocycles. The molecule has 2 aromatic rings. The Balaban J connectivity index is 1.65. The van der Waals surface area contributed by atoms with Gasteiger partial charge in [-0.25, -0.2) is 4.79 Å². The van der Waals surface area contributed by atoms with Crippen LogP contribution in [0, 0.1) is 0 Å². The van der Waals surface area contributed by atoms with E-state index in [2.05, 4.69) is 33.4 Å². The predicted molar refractivity (Wildman–Crippen MR) is 90.1 cm³/mol. The Morgan fingerprint density at radius 2 is 1.77 bits per heavy atom. The van der Waals surface area contributed by atoms with Gasteiger partial charge >= 0.3 is 6.09 Å². The summed E-state index contributed by atoms with van der Waals surface area (Å²) >= 11 is 3.46. The number of carbonyl (C=O) groups is 1. The van der Waals surface area contributed by atoms with Gasteiger partial charge in [-0.15, -0.1) is 0 Å². The first kappa shape index (κ1) is 15.1. The van der Waals surface area contributed by atoms with Crippen LogP contribution in [0.4, 0.5) is 4.79 Å². The third-order valence-corrected chi connectivity index (χ3v) is 4.85. The fraction of sp³-hybridized carbons (Fsp3) is 0.278. The van der Waals surface area contributed by atoms with Gasteiger partial charge in [0.1, 0.15) is 5.75 Å². The van der Waals surface area contributed by atoms with Crippen LogP contribution in [0.15, 0.2) is 59.1 Å². The Kier molecular flexibility index (Phi) is 4.21. The lowest BCUT2D eigenvalue weighted by molar-refractivity contribution is 0.194. The van der Waals surface area contributed by atoms with Crippen molar-refractivity contribution in [3.05, 3.63) is 64.6 Å². The predicted octanol–water partition coefficient (Wildman–Crippen LogP) is 4.66. The van der Waals surface area contributed by atoms with E-state index in [0.29, 0.717) is 5.75 Å². The second kappa shape index (κ2) is 6.13. The molecular formula is C18H18BrNO2. The highest BCUT2D eigenvalue weighted by Gasteiger charge is 2.49. The molecule has 3 rings (SSSR count). The molecule has 114 valence electrons. The highest BCUT2D eigenvalue weighted by atomic mass is 79.9. The lowest BCUT2D eigenvalue weighted by Gasteiger charge is -2.24. The average molecular weight is 360 g/mol. The number of para-hydroxylation sites is 1. The smallest absolute Gasteiger partial charge is 0.410 e. The molecule has 0 aromatic heterocycles. The number of ether oxygens (including phenoxy) is 1. The number of halogens is 1. The number of hydrogen-bond acceptors (Lipinski definition) is 2. The summed E-state index contributed by atoms with van der Waals surface area (Å²) in [5, 5.41) is 2.97. The summed E-state index contributed by atoms with van der Waals surface area (Å²) < 4.78 is 6.37. The van der Waals surface area contributed by atoms with Crippen molar-refractivity contribution in [1.82, 2.24) is 5.32 Å². The van der Waals surface area contributed by atoms with E-state index in [0.717, 1.165) is 17.3 Å². The molecule has 0 bridgehead atoms. The maximum atomic E-state index is 12.0. The molecule has 2 aromatic carbocycles. The summed E-state index contributed by atoms with van der Waals surface area (Å²) in [5.41, 5.74) is 1.30. The molecule has 1 unspecified atom stereocenters. The van der Waals surface area contributed by atoms with Crippen LogP contribution in [0.5, 0.6) is 5.75 Å². The van der Waals surface area contributed by atoms with Crippen molar-refractivity contribution < 1.29 is 9.53 Å². The summed E-state index contributed by atoms with van der Waals surface area (Å²) in [6.45, 7) is 2.04. The molecule has 1 atom stereocenters. The first-order chi connectivity index (χ1) is 10.6. The summed E-state index contributed by atoms with van der Waals surface area (Å²) in [5.74, 6) is 0.556. The second-order valence-electron chi connectivity index (χ2n) is 5.73. The van der Waals surface area contributed by atoms with Gasteiger partial charge in [0.05, 0.1) is 0 Å². The van der Waals surface area contributed by atoms with E-state index in [1.165, 1.54) is 5.56 Å². The number of carbonyl (C=O) groups excluding carboxylic acids is 1. The van der Waals surface area contributed by atoms with Gasteiger partial charge in [-0.3, -0.25) is 0 Å². The van der Waals surface area contributed by atoms with Crippen molar-refractivity contribution in [2.45, 2.75) is 31.2 Å². The number of rotatable bonds is 4. The fourth-order valence-corrected chi connectivity index (χ4v) is 3.09. The van der Waals surface area contributed by atoms with Gasteiger partial charge < -0.3 is 10.1 Å². The molecule has 0 aliphatic heterocycles. The Morgan fingerprint density at radius 1 is 1.14 bits per heavy atom. The molecule has 1 amide bonds. The van der Waals surface area contributed by atoms with Gasteiger partial charge in [-0.05, 0) is 49.6 Å². The van der Waals surface area contributed by atoms with E-state index < -0.39 is 6.09 Å². The van der Waals surface area contributed by atoms with Gasteiger partial charge in [-0.2, -0.15) is 0 Å². The lowest BCUT2D eigenvalue weighted by atomic mass is 9.89. The van der Waals surface area contributed by atoms with Crippen LogP contribution in [0.3, 0.4) is 0 Å². The molecule has 3 nitrogen and oxygen atoms in total. The number of amides is 1. The standard InChI is InChI=1S/C18H18BrNO2/c1-13(20-17(21)22-16-5-3-2-4-6-16)18(11-12-18)14-7-9-15(19)10-8-14/h2-10,13H,11-12H2,1H3,(H,20,21). The van der Waals surface area contributed by atoms with Crippen molar-refractivity contribution >= 4 is 22.0 Å². The number of nitrogens with one attached hydrogen (secondary N) is 1. The van der Waals surface area contributed by atoms with Gasteiger partial charge in [0, 0.05) is 15.9 Å². The van der Waals surface area contributed by atoms with Crippen LogP contribution in [0.25, 0.3) is 0 Å². The number of benzene rings is 2. The van der Waals surface area contributed by atoms with Crippen molar-refractivity contribution in [3.63, 3.8) is 0 Å². The first-order valence-corrected chi connectivity index (χ1v) is 8.19. The summed E-state index contributed by atoms with van der Waals surface area (Å²) in [6.07, 6.45) is 1.77. The van der Waals surface area contributed by atoms with Crippen molar-refractivity contribution in [2.75, 3.05) is 0 Å². The third kappa shape index (κ3) is 3.17. The molecule has 4 heteroatoms. The average Bonchev–Trinajstić information content (AvgIpc) is 3.30. The van der Waals surface area contributed by atoms with Crippen LogP contribution in [0.2, 0.25) is 0 Å². The zero-order valence-electron chi connectivity index (χ0n) is 12.4. The monoisotopic (exact) mass is 359 g/mol. The topological polar surface area (TPSA) is 38.3 Å². The van der Waals surface area contributed by atoms with Gasteiger partial charge in [0.15, 0.2) is 0 Å². The molecule has 1 aliphatic rings. The van der Waals surface area contributed by atoms with Gasteiger partial charge in [0.25, 0.3) is 0 Å². The van der Waals surface area contributed by atoms with E-state index in [-0.39, 0.29) is 11.5 Å². The maximum Gasteiger partial charge on any atom is 0.412 e. The van der Waals surface area contributed by atoms with Gasteiger partial charge in [0.2, 0.25) is 0 Å². The van der Waals surface area contributed by atoms with Crippen molar-refractivity contribution in [1.29, 1.82) is 0 Å². The minimum atomic E-state index is -0.401. The van der Waals surface area contributed by atoms with E-state index in [1.807, 2.05) is 37.3 Å². The van der Waals surface area contributed by atoms with E-state index >= 15 is 0 Å². The Labute approximate surface area is 138 Å². The zero-order valence-corrected chi connectivity index (χ0v) is 14.0. The molecule has 22 heavy (non-hydrogen) atoms. The van der Waals surface area contributed by atoms with Crippen LogP contribution in [-0.4, -0.2) is 12.1 Å². The maximum absolute atomic E-state index is 12.0. The normalized spacial score (nSPS) is 16.6. The Morgan fingerprint density at radius 3 is 2.36 bits per heavy atom. The number of hydrogen-bond donors (Lipinski definition) is 1. The first-order valence-electron chi connectivity index (χ1n) is 7.40. The van der Waals surface area contributed by atoms with Crippen molar-refractivity contribution in [2.24, 2.45) is 0 Å². The quantitative estimate of drug-likeness (QED) is 0.861. The summed E-state index contributed by atoms with van der Waals surface area (Å²) in [4.78, 5) is 12.0. The fourth-order valence-electron chi connectivity index (χ4n) is 2.83. The lowest BCUT2D eigenvalue weighted by Crippen LogP contribution is -2.42. The van der Waals surface area contributed by atoms with Crippen LogP contribution in [0.1, 0.15) is 25.3 Å². The molecule has 0 radical (unpaired) electrons. The molecule has 1 aliphatic carbocycles. The molecule has 1 saturated carbocycles. The van der Waals surface area contributed by atoms with Crippen molar-refractivity contribution in [3.8, 4) is 5.75 Å². The van der Waals surface area contributed by atoms with E-state index in [9.17, 15) is 4.79 Å². The second-order valence-corrected chi connectivity index (χ2v) is 6.65. The largest absolute Gasteiger partial charge is 0.412 e. The Bertz CT molecular complexity index is 651. The van der Waals surface area contributed by atoms with Crippen LogP contribution < -0.4 is 10.1 Å². The SMILES string of the molecule is CC(NC(=O)Oc1ccccc1)C1(c2ccc(Br)cc2)CC1. The minimum absolute atomic E-state index is 0.0323. The van der Waals surface area contributed by atoms with E-state index in [4.69, 9.17) is 4.74 Å². The van der Waals surface area contributed by atoms with Crippen LogP contribution in [-0.2, 0) is 5.41 Å². The third-order valence-electron chi connectivity index (χ3n) is 4.32. The van der Waals surface area contributed by atoms with E-state index in [1.54, 1.807) is 12.1 Å². The van der Waals surface area contributed by atoms with Crippen LogP contribution >= 0.6 is 15.9 Å². The molecule has 0 heterocycles. The minimum Gasteiger partial charge on any atom is -0.410 e. The molecule has 1 N–H and O–H groups in total. The zero-order chi connectivity index (χ0) is 15.6. The highest BCUT2D eigenvalue weighted by Crippen LogP contribution is 2.51. The van der Waals surface area contributed by atoms with Gasteiger partial charge in [-0.1, -0.05) is 46.3 Å². The summed E-state index contributed by atoms with van der Waals surface area (Å²) in [7, 11) is 0. The molecule has 1 fully saturated rings. The Hall–Kier alpha value is -1.81. The molecular weight excluding hydrogens is 342 g/mol. The highest BCUT2D eigenvalue weighted by molar-refractivity contribution is 9.10.